The summed E-state index contributed by atoms with van der Waals surface area (Å²) in [5.41, 5.74) is 1.76. The average molecular weight is 496 g/mol. The molecule has 1 amide bonds. The third-order valence-corrected chi connectivity index (χ3v) is 11.9. The maximum Gasteiger partial charge on any atom is 0.232 e. The van der Waals surface area contributed by atoms with Crippen molar-refractivity contribution in [3.63, 3.8) is 0 Å². The van der Waals surface area contributed by atoms with Crippen LogP contribution in [-0.4, -0.2) is 23.5 Å². The van der Waals surface area contributed by atoms with Crippen molar-refractivity contribution in [1.29, 1.82) is 0 Å². The third-order valence-electron chi connectivity index (χ3n) is 11.1. The molecule has 0 aliphatic heterocycles. The molecule has 0 aromatic carbocycles. The zero-order chi connectivity index (χ0) is 24.9. The van der Waals surface area contributed by atoms with Gasteiger partial charge in [0.2, 0.25) is 5.91 Å². The van der Waals surface area contributed by atoms with Crippen LogP contribution in [0, 0.1) is 39.9 Å². The molecule has 0 N–H and O–H groups in total. The third kappa shape index (κ3) is 5.70. The molecule has 0 bridgehead atoms. The summed E-state index contributed by atoms with van der Waals surface area (Å²) in [5, 5.41) is 0. The molecule has 202 valence electrons. The highest BCUT2D eigenvalue weighted by Crippen LogP contribution is 2.70. The van der Waals surface area contributed by atoms with E-state index < -0.39 is 0 Å². The SMILES string of the molecule is C.CC.CC.CSN(C)C(=O)CCCC1CCC2[C@@H]3CC[C@]4(C)CCCC[C@]4(C)C3CC[C@]12C. The Hall–Kier alpha value is -0.180. The lowest BCUT2D eigenvalue weighted by molar-refractivity contribution is -0.152. The number of rotatable bonds is 5. The largest absolute Gasteiger partial charge is 0.290 e. The topological polar surface area (TPSA) is 20.3 Å². The number of fused-ring (bicyclic) bond motifs is 5. The highest BCUT2D eigenvalue weighted by molar-refractivity contribution is 7.96. The Kier molecular flexibility index (Phi) is 12.5. The quantitative estimate of drug-likeness (QED) is 0.353. The zero-order valence-electron chi connectivity index (χ0n) is 23.8. The molecular formula is C31H61NOS. The summed E-state index contributed by atoms with van der Waals surface area (Å²) in [5.74, 6) is 4.08. The maximum absolute atomic E-state index is 12.2. The standard InChI is InChI=1S/C26H45NOS.2C2H6.CH4/c1-24-15-6-7-16-26(24,3)22-14-18-25(2)19(9-8-10-23(28)27(4)29-5)11-12-21(25)20(22)13-17-24;2*1-2;/h19-22H,6-18H2,1-5H3;2*1-2H3;1H4/t19?,20-,21?,22?,24-,25+,26+;;;/m0.../s1. The molecule has 4 aliphatic rings. The molecule has 0 aromatic heterocycles. The van der Waals surface area contributed by atoms with E-state index in [0.717, 1.165) is 36.5 Å². The molecule has 0 spiro atoms. The minimum atomic E-state index is 0. The Morgan fingerprint density at radius 1 is 0.882 bits per heavy atom. The van der Waals surface area contributed by atoms with Gasteiger partial charge in [-0.1, -0.05) is 80.7 Å². The summed E-state index contributed by atoms with van der Waals surface area (Å²) in [6, 6.07) is 0. The van der Waals surface area contributed by atoms with Gasteiger partial charge in [-0.2, -0.15) is 0 Å². The highest BCUT2D eigenvalue weighted by atomic mass is 32.2. The van der Waals surface area contributed by atoms with Crippen LogP contribution in [0.5, 0.6) is 0 Å². The van der Waals surface area contributed by atoms with E-state index in [9.17, 15) is 4.79 Å². The molecule has 4 rings (SSSR count). The predicted octanol–water partition coefficient (Wildman–Crippen LogP) is 10.0. The molecule has 2 nitrogen and oxygen atoms in total. The zero-order valence-corrected chi connectivity index (χ0v) is 24.6. The molecule has 3 heteroatoms. The Balaban J connectivity index is 0.00000110. The summed E-state index contributed by atoms with van der Waals surface area (Å²) >= 11 is 1.54. The van der Waals surface area contributed by atoms with Crippen LogP contribution in [-0.2, 0) is 4.79 Å². The second-order valence-electron chi connectivity index (χ2n) is 11.9. The van der Waals surface area contributed by atoms with Crippen molar-refractivity contribution < 1.29 is 4.79 Å². The van der Waals surface area contributed by atoms with E-state index >= 15 is 0 Å². The molecule has 4 aliphatic carbocycles. The van der Waals surface area contributed by atoms with E-state index in [2.05, 4.69) is 20.8 Å². The maximum atomic E-state index is 12.2. The number of hydrogen-bond acceptors (Lipinski definition) is 2. The average Bonchev–Trinajstić information content (AvgIpc) is 3.17. The normalized spacial score (nSPS) is 40.0. The van der Waals surface area contributed by atoms with E-state index in [1.165, 1.54) is 82.6 Å². The van der Waals surface area contributed by atoms with Gasteiger partial charge in [0.15, 0.2) is 0 Å². The summed E-state index contributed by atoms with van der Waals surface area (Å²) in [4.78, 5) is 12.2. The molecule has 0 radical (unpaired) electrons. The fourth-order valence-electron chi connectivity index (χ4n) is 8.95. The fourth-order valence-corrected chi connectivity index (χ4v) is 9.24. The molecule has 0 saturated heterocycles. The van der Waals surface area contributed by atoms with Crippen LogP contribution in [0.1, 0.15) is 139 Å². The van der Waals surface area contributed by atoms with Crippen LogP contribution in [0.2, 0.25) is 0 Å². The van der Waals surface area contributed by atoms with Crippen LogP contribution in [0.25, 0.3) is 0 Å². The lowest BCUT2D eigenvalue weighted by atomic mass is 9.40. The smallest absolute Gasteiger partial charge is 0.232 e. The van der Waals surface area contributed by atoms with Gasteiger partial charge in [0, 0.05) is 19.7 Å². The van der Waals surface area contributed by atoms with Gasteiger partial charge in [-0.15, -0.1) is 0 Å². The first-order valence-electron chi connectivity index (χ1n) is 14.6. The second-order valence-corrected chi connectivity index (χ2v) is 12.8. The Bertz CT molecular complexity index is 623. The lowest BCUT2D eigenvalue weighted by Gasteiger charge is -2.64. The van der Waals surface area contributed by atoms with Gasteiger partial charge in [0.25, 0.3) is 0 Å². The Labute approximate surface area is 219 Å². The van der Waals surface area contributed by atoms with Crippen LogP contribution < -0.4 is 0 Å². The predicted molar refractivity (Wildman–Crippen MR) is 154 cm³/mol. The van der Waals surface area contributed by atoms with Gasteiger partial charge >= 0.3 is 0 Å². The Morgan fingerprint density at radius 2 is 1.53 bits per heavy atom. The lowest BCUT2D eigenvalue weighted by Crippen LogP contribution is -2.56. The van der Waals surface area contributed by atoms with Crippen molar-refractivity contribution in [1.82, 2.24) is 4.31 Å². The minimum Gasteiger partial charge on any atom is -0.290 e. The summed E-state index contributed by atoms with van der Waals surface area (Å²) in [6.45, 7) is 16.0. The monoisotopic (exact) mass is 495 g/mol. The number of carbonyl (C=O) groups is 1. The van der Waals surface area contributed by atoms with Gasteiger partial charge in [0.05, 0.1) is 0 Å². The number of hydrogen-bond donors (Lipinski definition) is 0. The first-order valence-corrected chi connectivity index (χ1v) is 15.7. The second kappa shape index (κ2) is 13.4. The van der Waals surface area contributed by atoms with Gasteiger partial charge in [-0.3, -0.25) is 9.10 Å². The minimum absolute atomic E-state index is 0. The van der Waals surface area contributed by atoms with E-state index in [0.29, 0.717) is 22.2 Å². The van der Waals surface area contributed by atoms with Crippen LogP contribution in [0.15, 0.2) is 0 Å². The van der Waals surface area contributed by atoms with Crippen molar-refractivity contribution in [2.45, 2.75) is 139 Å². The number of amides is 1. The van der Waals surface area contributed by atoms with E-state index in [1.807, 2.05) is 41.0 Å². The fraction of sp³-hybridized carbons (Fsp3) is 0.968. The van der Waals surface area contributed by atoms with Crippen molar-refractivity contribution in [3.8, 4) is 0 Å². The Morgan fingerprint density at radius 3 is 2.18 bits per heavy atom. The van der Waals surface area contributed by atoms with Gasteiger partial charge in [-0.25, -0.2) is 0 Å². The van der Waals surface area contributed by atoms with Gasteiger partial charge in [0.1, 0.15) is 0 Å². The first kappa shape index (κ1) is 31.8. The van der Waals surface area contributed by atoms with E-state index in [-0.39, 0.29) is 7.43 Å². The molecule has 3 unspecified atom stereocenters. The van der Waals surface area contributed by atoms with Crippen molar-refractivity contribution >= 4 is 17.9 Å². The van der Waals surface area contributed by atoms with Gasteiger partial charge < -0.3 is 0 Å². The van der Waals surface area contributed by atoms with Gasteiger partial charge in [-0.05, 0) is 104 Å². The summed E-state index contributed by atoms with van der Waals surface area (Å²) in [6.07, 6.45) is 19.8. The van der Waals surface area contributed by atoms with Crippen LogP contribution in [0.4, 0.5) is 0 Å². The van der Waals surface area contributed by atoms with E-state index in [4.69, 9.17) is 0 Å². The molecule has 4 fully saturated rings. The molecule has 4 saturated carbocycles. The van der Waals surface area contributed by atoms with Crippen molar-refractivity contribution in [2.24, 2.45) is 39.9 Å². The van der Waals surface area contributed by atoms with Crippen molar-refractivity contribution in [3.05, 3.63) is 0 Å². The molecule has 34 heavy (non-hydrogen) atoms. The van der Waals surface area contributed by atoms with Crippen LogP contribution >= 0.6 is 11.9 Å². The summed E-state index contributed by atoms with van der Waals surface area (Å²) in [7, 11) is 1.91. The first-order chi connectivity index (χ1) is 15.7. The molecule has 7 atom stereocenters. The number of nitrogens with zero attached hydrogens (tertiary/aromatic N) is 1. The molecule has 0 aromatic rings. The van der Waals surface area contributed by atoms with E-state index in [1.54, 1.807) is 4.31 Å². The number of carbonyl (C=O) groups excluding carboxylic acids is 1. The molecule has 0 heterocycles. The molecular weight excluding hydrogens is 434 g/mol. The summed E-state index contributed by atoms with van der Waals surface area (Å²) < 4.78 is 1.80. The van der Waals surface area contributed by atoms with Crippen LogP contribution in [0.3, 0.4) is 0 Å². The van der Waals surface area contributed by atoms with Crippen molar-refractivity contribution in [2.75, 3.05) is 13.3 Å². The highest BCUT2D eigenvalue weighted by Gasteiger charge is 2.62.